The maximum Gasteiger partial charge on any atom is 0.119 e. The summed E-state index contributed by atoms with van der Waals surface area (Å²) in [7, 11) is 0. The van der Waals surface area contributed by atoms with E-state index in [1.807, 2.05) is 38.1 Å². The molecule has 1 aromatic carbocycles. The van der Waals surface area contributed by atoms with Gasteiger partial charge in [0.15, 0.2) is 0 Å². The summed E-state index contributed by atoms with van der Waals surface area (Å²) in [6.07, 6.45) is 2.88. The molecule has 0 aromatic heterocycles. The van der Waals surface area contributed by atoms with E-state index in [1.165, 1.54) is 0 Å². The summed E-state index contributed by atoms with van der Waals surface area (Å²) in [5.41, 5.74) is 7.19. The molecule has 96 valence electrons. The number of hydrogen-bond acceptors (Lipinski definition) is 3. The fraction of sp³-hybridized carbons (Fsp3) is 0.571. The topological polar surface area (TPSA) is 55.5 Å². The SMILES string of the molecule is CC(C)Oc1ccc(C(N)CCCCO)cc1. The average Bonchev–Trinajstić information content (AvgIpc) is 2.29. The molecule has 17 heavy (non-hydrogen) atoms. The van der Waals surface area contributed by atoms with Gasteiger partial charge in [-0.25, -0.2) is 0 Å². The van der Waals surface area contributed by atoms with Gasteiger partial charge in [-0.15, -0.1) is 0 Å². The van der Waals surface area contributed by atoms with Crippen LogP contribution in [0.2, 0.25) is 0 Å². The first kappa shape index (κ1) is 14.0. The summed E-state index contributed by atoms with van der Waals surface area (Å²) in [6.45, 7) is 4.26. The van der Waals surface area contributed by atoms with E-state index in [-0.39, 0.29) is 18.8 Å². The van der Waals surface area contributed by atoms with Gasteiger partial charge in [0.1, 0.15) is 5.75 Å². The van der Waals surface area contributed by atoms with E-state index in [9.17, 15) is 0 Å². The first-order chi connectivity index (χ1) is 8.13. The molecule has 3 nitrogen and oxygen atoms in total. The van der Waals surface area contributed by atoms with Crippen LogP contribution in [0.4, 0.5) is 0 Å². The van der Waals surface area contributed by atoms with Gasteiger partial charge >= 0.3 is 0 Å². The van der Waals surface area contributed by atoms with Crippen LogP contribution in [0.3, 0.4) is 0 Å². The minimum Gasteiger partial charge on any atom is -0.491 e. The van der Waals surface area contributed by atoms with Crippen molar-refractivity contribution in [1.29, 1.82) is 0 Å². The molecule has 0 aliphatic carbocycles. The highest BCUT2D eigenvalue weighted by molar-refractivity contribution is 5.29. The number of unbranched alkanes of at least 4 members (excludes halogenated alkanes) is 1. The zero-order chi connectivity index (χ0) is 12.7. The highest BCUT2D eigenvalue weighted by Gasteiger charge is 2.06. The Morgan fingerprint density at radius 3 is 2.35 bits per heavy atom. The van der Waals surface area contributed by atoms with Gasteiger partial charge in [0.25, 0.3) is 0 Å². The summed E-state index contributed by atoms with van der Waals surface area (Å²) in [5, 5.41) is 8.71. The molecule has 0 bridgehead atoms. The van der Waals surface area contributed by atoms with E-state index < -0.39 is 0 Å². The van der Waals surface area contributed by atoms with Crippen molar-refractivity contribution in [3.05, 3.63) is 29.8 Å². The maximum absolute atomic E-state index is 8.71. The molecular formula is C14H23NO2. The molecule has 0 aliphatic heterocycles. The monoisotopic (exact) mass is 237 g/mol. The van der Waals surface area contributed by atoms with Crippen molar-refractivity contribution in [2.24, 2.45) is 5.73 Å². The zero-order valence-corrected chi connectivity index (χ0v) is 10.7. The van der Waals surface area contributed by atoms with Gasteiger partial charge in [-0.3, -0.25) is 0 Å². The molecule has 0 aliphatic rings. The minimum atomic E-state index is 0.0506. The van der Waals surface area contributed by atoms with E-state index >= 15 is 0 Å². The standard InChI is InChI=1S/C14H23NO2/c1-11(2)17-13-8-6-12(7-9-13)14(15)5-3-4-10-16/h6-9,11,14,16H,3-5,10,15H2,1-2H3. The number of ether oxygens (including phenoxy) is 1. The zero-order valence-electron chi connectivity index (χ0n) is 10.7. The second-order valence-electron chi connectivity index (χ2n) is 4.56. The van der Waals surface area contributed by atoms with Crippen molar-refractivity contribution in [3.63, 3.8) is 0 Å². The van der Waals surface area contributed by atoms with E-state index in [4.69, 9.17) is 15.6 Å². The van der Waals surface area contributed by atoms with Crippen LogP contribution in [-0.4, -0.2) is 17.8 Å². The number of aliphatic hydroxyl groups excluding tert-OH is 1. The number of nitrogens with two attached hydrogens (primary N) is 1. The van der Waals surface area contributed by atoms with Crippen LogP contribution >= 0.6 is 0 Å². The molecule has 0 radical (unpaired) electrons. The highest BCUT2D eigenvalue weighted by atomic mass is 16.5. The molecule has 1 aromatic rings. The predicted molar refractivity (Wildman–Crippen MR) is 70.1 cm³/mol. The van der Waals surface area contributed by atoms with Gasteiger partial charge in [-0.1, -0.05) is 12.1 Å². The Morgan fingerprint density at radius 2 is 1.82 bits per heavy atom. The molecule has 1 atom stereocenters. The average molecular weight is 237 g/mol. The largest absolute Gasteiger partial charge is 0.491 e. The normalized spacial score (nSPS) is 12.8. The Labute approximate surface area is 104 Å². The summed E-state index contributed by atoms with van der Waals surface area (Å²) in [5.74, 6) is 0.881. The van der Waals surface area contributed by atoms with Crippen LogP contribution in [0.5, 0.6) is 5.75 Å². The molecule has 0 amide bonds. The van der Waals surface area contributed by atoms with E-state index in [2.05, 4.69) is 0 Å². The van der Waals surface area contributed by atoms with Crippen molar-refractivity contribution in [2.45, 2.75) is 45.3 Å². The Hall–Kier alpha value is -1.06. The first-order valence-corrected chi connectivity index (χ1v) is 6.26. The third-order valence-corrected chi connectivity index (χ3v) is 2.60. The second-order valence-corrected chi connectivity index (χ2v) is 4.56. The van der Waals surface area contributed by atoms with Gasteiger partial charge < -0.3 is 15.6 Å². The Bertz CT molecular complexity index is 309. The predicted octanol–water partition coefficient (Wildman–Crippen LogP) is 2.64. The van der Waals surface area contributed by atoms with Gasteiger partial charge in [0, 0.05) is 12.6 Å². The van der Waals surface area contributed by atoms with E-state index in [0.717, 1.165) is 30.6 Å². The Balaban J connectivity index is 2.48. The van der Waals surface area contributed by atoms with Crippen molar-refractivity contribution >= 4 is 0 Å². The molecule has 0 spiro atoms. The summed E-state index contributed by atoms with van der Waals surface area (Å²) < 4.78 is 5.57. The third kappa shape index (κ3) is 5.20. The number of rotatable bonds is 7. The fourth-order valence-electron chi connectivity index (χ4n) is 1.71. The summed E-state index contributed by atoms with van der Waals surface area (Å²) >= 11 is 0. The molecule has 3 N–H and O–H groups in total. The number of benzene rings is 1. The Morgan fingerprint density at radius 1 is 1.18 bits per heavy atom. The third-order valence-electron chi connectivity index (χ3n) is 2.60. The van der Waals surface area contributed by atoms with Gasteiger partial charge in [-0.2, -0.15) is 0 Å². The van der Waals surface area contributed by atoms with Gasteiger partial charge in [0.2, 0.25) is 0 Å². The number of aliphatic hydroxyl groups is 1. The lowest BCUT2D eigenvalue weighted by atomic mass is 10.0. The van der Waals surface area contributed by atoms with Gasteiger partial charge in [0.05, 0.1) is 6.10 Å². The quantitative estimate of drug-likeness (QED) is 0.717. The van der Waals surface area contributed by atoms with Crippen LogP contribution in [0.1, 0.15) is 44.7 Å². The maximum atomic E-state index is 8.71. The van der Waals surface area contributed by atoms with Crippen molar-refractivity contribution in [1.82, 2.24) is 0 Å². The number of hydrogen-bond donors (Lipinski definition) is 2. The van der Waals surface area contributed by atoms with Crippen LogP contribution in [0.15, 0.2) is 24.3 Å². The molecule has 1 rings (SSSR count). The molecule has 0 saturated carbocycles. The van der Waals surface area contributed by atoms with Crippen molar-refractivity contribution in [3.8, 4) is 5.75 Å². The molecule has 1 unspecified atom stereocenters. The van der Waals surface area contributed by atoms with Crippen LogP contribution in [0.25, 0.3) is 0 Å². The summed E-state index contributed by atoms with van der Waals surface area (Å²) in [4.78, 5) is 0. The highest BCUT2D eigenvalue weighted by Crippen LogP contribution is 2.20. The minimum absolute atomic E-state index is 0.0506. The van der Waals surface area contributed by atoms with E-state index in [0.29, 0.717) is 0 Å². The van der Waals surface area contributed by atoms with Crippen LogP contribution in [0, 0.1) is 0 Å². The fourth-order valence-corrected chi connectivity index (χ4v) is 1.71. The van der Waals surface area contributed by atoms with Crippen molar-refractivity contribution < 1.29 is 9.84 Å². The van der Waals surface area contributed by atoms with Gasteiger partial charge in [-0.05, 0) is 50.8 Å². The molecule has 3 heteroatoms. The second kappa shape index (κ2) is 7.30. The summed E-state index contributed by atoms with van der Waals surface area (Å²) in [6, 6.07) is 8.00. The van der Waals surface area contributed by atoms with Crippen LogP contribution < -0.4 is 10.5 Å². The Kier molecular flexibility index (Phi) is 6.01. The molecule has 0 fully saturated rings. The lowest BCUT2D eigenvalue weighted by molar-refractivity contribution is 0.242. The molecular weight excluding hydrogens is 214 g/mol. The lowest BCUT2D eigenvalue weighted by Gasteiger charge is -2.14. The van der Waals surface area contributed by atoms with Crippen molar-refractivity contribution in [2.75, 3.05) is 6.61 Å². The molecule has 0 heterocycles. The smallest absolute Gasteiger partial charge is 0.119 e. The molecule has 0 saturated heterocycles. The lowest BCUT2D eigenvalue weighted by Crippen LogP contribution is -2.10. The van der Waals surface area contributed by atoms with E-state index in [1.54, 1.807) is 0 Å². The first-order valence-electron chi connectivity index (χ1n) is 6.26. The van der Waals surface area contributed by atoms with Crippen LogP contribution in [-0.2, 0) is 0 Å².